The standard InChI is InChI=1S/C25H23F3N2O/c1-16-6-5-7-18(12-16)22-13-21(25(26,27)28)20(14-29)23(31)30(22)15-17-8-10-19(11-9-17)24(2,3)4/h5-13H,15H2,1-4H3. The summed E-state index contributed by atoms with van der Waals surface area (Å²) in [6.45, 7) is 8.12. The maximum absolute atomic E-state index is 13.6. The Bertz CT molecular complexity index is 1210. The fourth-order valence-corrected chi connectivity index (χ4v) is 3.47. The van der Waals surface area contributed by atoms with Gasteiger partial charge in [-0.2, -0.15) is 18.4 Å². The predicted octanol–water partition coefficient (Wildman–Crippen LogP) is 6.06. The Kier molecular flexibility index (Phi) is 5.82. The summed E-state index contributed by atoms with van der Waals surface area (Å²) in [5.41, 5.74) is 0.215. The lowest BCUT2D eigenvalue weighted by atomic mass is 9.87. The monoisotopic (exact) mass is 424 g/mol. The highest BCUT2D eigenvalue weighted by Crippen LogP contribution is 2.34. The topological polar surface area (TPSA) is 45.8 Å². The number of rotatable bonds is 3. The van der Waals surface area contributed by atoms with Gasteiger partial charge < -0.3 is 4.57 Å². The molecular weight excluding hydrogens is 401 g/mol. The van der Waals surface area contributed by atoms with Crippen LogP contribution >= 0.6 is 0 Å². The van der Waals surface area contributed by atoms with Crippen LogP contribution in [-0.4, -0.2) is 4.57 Å². The summed E-state index contributed by atoms with van der Waals surface area (Å²) in [4.78, 5) is 13.0. The van der Waals surface area contributed by atoms with Crippen molar-refractivity contribution in [3.63, 3.8) is 0 Å². The van der Waals surface area contributed by atoms with Crippen molar-refractivity contribution >= 4 is 0 Å². The van der Waals surface area contributed by atoms with Crippen molar-refractivity contribution in [1.82, 2.24) is 4.57 Å². The van der Waals surface area contributed by atoms with E-state index in [4.69, 9.17) is 0 Å². The molecule has 3 rings (SSSR count). The number of benzene rings is 2. The minimum absolute atomic E-state index is 0.0512. The number of nitrogens with zero attached hydrogens (tertiary/aromatic N) is 2. The Morgan fingerprint density at radius 2 is 1.65 bits per heavy atom. The van der Waals surface area contributed by atoms with E-state index in [1.165, 1.54) is 10.6 Å². The van der Waals surface area contributed by atoms with E-state index >= 15 is 0 Å². The van der Waals surface area contributed by atoms with E-state index in [1.54, 1.807) is 18.2 Å². The zero-order valence-corrected chi connectivity index (χ0v) is 17.8. The van der Waals surface area contributed by atoms with Crippen molar-refractivity contribution < 1.29 is 13.2 Å². The molecule has 0 aliphatic carbocycles. The molecule has 2 aromatic carbocycles. The molecule has 3 aromatic rings. The highest BCUT2D eigenvalue weighted by molar-refractivity contribution is 5.63. The lowest BCUT2D eigenvalue weighted by Crippen LogP contribution is -2.28. The van der Waals surface area contributed by atoms with Gasteiger partial charge in [0, 0.05) is 0 Å². The smallest absolute Gasteiger partial charge is 0.303 e. The molecule has 6 heteroatoms. The van der Waals surface area contributed by atoms with Crippen LogP contribution in [0.15, 0.2) is 59.4 Å². The third kappa shape index (κ3) is 4.72. The average Bonchev–Trinajstić information content (AvgIpc) is 2.68. The maximum Gasteiger partial charge on any atom is 0.417 e. The van der Waals surface area contributed by atoms with Gasteiger partial charge in [0.25, 0.3) is 5.56 Å². The van der Waals surface area contributed by atoms with E-state index in [0.29, 0.717) is 5.56 Å². The van der Waals surface area contributed by atoms with Gasteiger partial charge in [0.2, 0.25) is 0 Å². The number of nitriles is 1. The summed E-state index contributed by atoms with van der Waals surface area (Å²) in [6.07, 6.45) is -4.81. The van der Waals surface area contributed by atoms with Crippen LogP contribution in [0, 0.1) is 18.3 Å². The number of aryl methyl sites for hydroxylation is 1. The van der Waals surface area contributed by atoms with Crippen LogP contribution in [0.3, 0.4) is 0 Å². The largest absolute Gasteiger partial charge is 0.417 e. The fourth-order valence-electron chi connectivity index (χ4n) is 3.47. The molecule has 0 saturated carbocycles. The Labute approximate surface area is 179 Å². The molecule has 0 saturated heterocycles. The summed E-state index contributed by atoms with van der Waals surface area (Å²) in [5, 5.41) is 9.32. The van der Waals surface area contributed by atoms with Crippen molar-refractivity contribution in [2.75, 3.05) is 0 Å². The SMILES string of the molecule is Cc1cccc(-c2cc(C(F)(F)F)c(C#N)c(=O)n2Cc2ccc(C(C)(C)C)cc2)c1. The Balaban J connectivity index is 2.23. The normalized spacial score (nSPS) is 11.9. The van der Waals surface area contributed by atoms with Gasteiger partial charge in [-0.15, -0.1) is 0 Å². The molecule has 0 fully saturated rings. The first-order valence-electron chi connectivity index (χ1n) is 9.83. The molecular formula is C25H23F3N2O. The van der Waals surface area contributed by atoms with Crippen LogP contribution in [-0.2, 0) is 18.1 Å². The molecule has 0 aliphatic heterocycles. The number of hydrogen-bond donors (Lipinski definition) is 0. The van der Waals surface area contributed by atoms with Crippen molar-refractivity contribution in [3.8, 4) is 17.3 Å². The number of aromatic nitrogens is 1. The number of halogens is 3. The first-order valence-corrected chi connectivity index (χ1v) is 9.83. The highest BCUT2D eigenvalue weighted by Gasteiger charge is 2.36. The maximum atomic E-state index is 13.6. The summed E-state index contributed by atoms with van der Waals surface area (Å²) < 4.78 is 42.1. The van der Waals surface area contributed by atoms with Crippen molar-refractivity contribution in [1.29, 1.82) is 5.26 Å². The van der Waals surface area contributed by atoms with Crippen molar-refractivity contribution in [3.05, 3.63) is 92.8 Å². The lowest BCUT2D eigenvalue weighted by molar-refractivity contribution is -0.137. The molecule has 31 heavy (non-hydrogen) atoms. The molecule has 0 spiro atoms. The number of alkyl halides is 3. The molecule has 3 nitrogen and oxygen atoms in total. The fraction of sp³-hybridized carbons (Fsp3) is 0.280. The van der Waals surface area contributed by atoms with Crippen molar-refractivity contribution in [2.24, 2.45) is 0 Å². The summed E-state index contributed by atoms with van der Waals surface area (Å²) in [5.74, 6) is 0. The van der Waals surface area contributed by atoms with E-state index in [1.807, 2.05) is 37.3 Å². The Morgan fingerprint density at radius 1 is 1.00 bits per heavy atom. The molecule has 0 amide bonds. The third-order valence-corrected chi connectivity index (χ3v) is 5.19. The van der Waals surface area contributed by atoms with Crippen LogP contribution in [0.4, 0.5) is 13.2 Å². The first kappa shape index (κ1) is 22.4. The van der Waals surface area contributed by atoms with E-state index in [9.17, 15) is 23.2 Å². The van der Waals surface area contributed by atoms with E-state index in [-0.39, 0.29) is 17.7 Å². The van der Waals surface area contributed by atoms with Gasteiger partial charge >= 0.3 is 6.18 Å². The van der Waals surface area contributed by atoms with Gasteiger partial charge in [-0.25, -0.2) is 0 Å². The van der Waals surface area contributed by atoms with E-state index in [2.05, 4.69) is 20.8 Å². The summed E-state index contributed by atoms with van der Waals surface area (Å²) in [6, 6.07) is 16.9. The van der Waals surface area contributed by atoms with Crippen LogP contribution in [0.25, 0.3) is 11.3 Å². The molecule has 160 valence electrons. The zero-order valence-electron chi connectivity index (χ0n) is 17.8. The van der Waals surface area contributed by atoms with Crippen molar-refractivity contribution in [2.45, 2.75) is 45.8 Å². The molecule has 0 aliphatic rings. The van der Waals surface area contributed by atoms with Crippen LogP contribution in [0.5, 0.6) is 0 Å². The molecule has 0 atom stereocenters. The van der Waals surface area contributed by atoms with Gasteiger partial charge in [0.1, 0.15) is 11.6 Å². The minimum Gasteiger partial charge on any atom is -0.303 e. The van der Waals surface area contributed by atoms with Crippen LogP contribution < -0.4 is 5.56 Å². The predicted molar refractivity (Wildman–Crippen MR) is 115 cm³/mol. The number of pyridine rings is 1. The van der Waals surface area contributed by atoms with Gasteiger partial charge in [0.05, 0.1) is 17.8 Å². The van der Waals surface area contributed by atoms with Gasteiger partial charge in [-0.05, 0) is 41.2 Å². The lowest BCUT2D eigenvalue weighted by Gasteiger charge is -2.20. The zero-order chi connectivity index (χ0) is 23.0. The molecule has 0 radical (unpaired) electrons. The Hall–Kier alpha value is -3.33. The van der Waals surface area contributed by atoms with E-state index < -0.39 is 22.9 Å². The van der Waals surface area contributed by atoms with E-state index in [0.717, 1.165) is 22.8 Å². The molecule has 1 heterocycles. The van der Waals surface area contributed by atoms with Gasteiger partial charge in [-0.1, -0.05) is 68.8 Å². The Morgan fingerprint density at radius 3 is 2.16 bits per heavy atom. The summed E-state index contributed by atoms with van der Waals surface area (Å²) >= 11 is 0. The first-order chi connectivity index (χ1) is 14.4. The number of hydrogen-bond acceptors (Lipinski definition) is 2. The second kappa shape index (κ2) is 8.07. The second-order valence-electron chi connectivity index (χ2n) is 8.64. The molecule has 1 aromatic heterocycles. The van der Waals surface area contributed by atoms with Gasteiger partial charge in [0.15, 0.2) is 0 Å². The second-order valence-corrected chi connectivity index (χ2v) is 8.64. The molecule has 0 N–H and O–H groups in total. The average molecular weight is 424 g/mol. The minimum atomic E-state index is -4.81. The van der Waals surface area contributed by atoms with Gasteiger partial charge in [-0.3, -0.25) is 4.79 Å². The van der Waals surface area contributed by atoms with Crippen LogP contribution in [0.1, 0.15) is 48.6 Å². The molecule has 0 unspecified atom stereocenters. The van der Waals surface area contributed by atoms with Crippen LogP contribution in [0.2, 0.25) is 0 Å². The summed E-state index contributed by atoms with van der Waals surface area (Å²) in [7, 11) is 0. The highest BCUT2D eigenvalue weighted by atomic mass is 19.4. The molecule has 0 bridgehead atoms. The quantitative estimate of drug-likeness (QED) is 0.513. The third-order valence-electron chi connectivity index (χ3n) is 5.19.